The van der Waals surface area contributed by atoms with Crippen LogP contribution >= 0.6 is 0 Å². The van der Waals surface area contributed by atoms with Gasteiger partial charge in [-0.25, -0.2) is 4.79 Å². The smallest absolute Gasteiger partial charge is 0.335 e. The third kappa shape index (κ3) is 6.24. The van der Waals surface area contributed by atoms with Crippen LogP contribution < -0.4 is 0 Å². The Balaban J connectivity index is 1.92. The van der Waals surface area contributed by atoms with Crippen LogP contribution in [-0.4, -0.2) is 45.7 Å². The molecule has 28 heavy (non-hydrogen) atoms. The van der Waals surface area contributed by atoms with Crippen molar-refractivity contribution in [1.82, 2.24) is 4.90 Å². The molecule has 1 fully saturated rings. The van der Waals surface area contributed by atoms with E-state index in [0.717, 1.165) is 18.4 Å². The lowest BCUT2D eigenvalue weighted by Crippen LogP contribution is -2.34. The molecule has 1 saturated heterocycles. The molecule has 0 spiro atoms. The van der Waals surface area contributed by atoms with Gasteiger partial charge < -0.3 is 15.1 Å². The van der Waals surface area contributed by atoms with Gasteiger partial charge in [0.2, 0.25) is 5.91 Å². The molecular formula is C23H29NO4. The summed E-state index contributed by atoms with van der Waals surface area (Å²) in [7, 11) is 0. The van der Waals surface area contributed by atoms with Gasteiger partial charge in [0.05, 0.1) is 17.7 Å². The van der Waals surface area contributed by atoms with E-state index in [2.05, 4.69) is 11.8 Å². The number of amides is 1. The number of aliphatic hydroxyl groups excluding tert-OH is 1. The van der Waals surface area contributed by atoms with Crippen molar-refractivity contribution in [3.8, 4) is 11.8 Å². The lowest BCUT2D eigenvalue weighted by Gasteiger charge is -2.23. The van der Waals surface area contributed by atoms with E-state index >= 15 is 0 Å². The molecule has 1 amide bonds. The lowest BCUT2D eigenvalue weighted by molar-refractivity contribution is -0.128. The molecule has 1 aliphatic heterocycles. The van der Waals surface area contributed by atoms with Gasteiger partial charge >= 0.3 is 5.97 Å². The predicted octanol–water partition coefficient (Wildman–Crippen LogP) is 3.28. The highest BCUT2D eigenvalue weighted by Crippen LogP contribution is 2.21. The highest BCUT2D eigenvalue weighted by Gasteiger charge is 2.28. The molecule has 1 heterocycles. The molecule has 0 bridgehead atoms. The van der Waals surface area contributed by atoms with E-state index in [9.17, 15) is 14.7 Å². The largest absolute Gasteiger partial charge is 0.478 e. The molecule has 3 atom stereocenters. The first-order valence-corrected chi connectivity index (χ1v) is 9.86. The Morgan fingerprint density at radius 2 is 2.04 bits per heavy atom. The van der Waals surface area contributed by atoms with Gasteiger partial charge in [-0.05, 0) is 36.5 Å². The van der Waals surface area contributed by atoms with Gasteiger partial charge in [0, 0.05) is 25.8 Å². The van der Waals surface area contributed by atoms with Crippen LogP contribution in [0.1, 0.15) is 55.5 Å². The van der Waals surface area contributed by atoms with Crippen molar-refractivity contribution in [2.75, 3.05) is 6.54 Å². The van der Waals surface area contributed by atoms with Gasteiger partial charge in [0.25, 0.3) is 0 Å². The summed E-state index contributed by atoms with van der Waals surface area (Å²) in [6.45, 7) is 4.55. The monoisotopic (exact) mass is 383 g/mol. The van der Waals surface area contributed by atoms with Crippen molar-refractivity contribution in [3.05, 3.63) is 47.5 Å². The first kappa shape index (κ1) is 21.7. The second kappa shape index (κ2) is 10.7. The van der Waals surface area contributed by atoms with Crippen molar-refractivity contribution in [1.29, 1.82) is 0 Å². The van der Waals surface area contributed by atoms with E-state index in [0.29, 0.717) is 25.8 Å². The van der Waals surface area contributed by atoms with Crippen LogP contribution in [0.25, 0.3) is 0 Å². The summed E-state index contributed by atoms with van der Waals surface area (Å²) in [5, 5.41) is 19.3. The molecule has 5 nitrogen and oxygen atoms in total. The number of nitrogens with zero attached hydrogens (tertiary/aromatic N) is 1. The Kier molecular flexibility index (Phi) is 8.28. The van der Waals surface area contributed by atoms with Gasteiger partial charge in [0.1, 0.15) is 0 Å². The first-order valence-electron chi connectivity index (χ1n) is 9.86. The maximum absolute atomic E-state index is 12.2. The fourth-order valence-corrected chi connectivity index (χ4v) is 3.22. The second-order valence-electron chi connectivity index (χ2n) is 7.21. The van der Waals surface area contributed by atoms with Gasteiger partial charge in [-0.15, -0.1) is 11.8 Å². The number of aromatic carboxylic acids is 1. The highest BCUT2D eigenvalue weighted by molar-refractivity contribution is 5.87. The Morgan fingerprint density at radius 3 is 2.68 bits per heavy atom. The molecule has 1 aliphatic rings. The number of carbonyl (C=O) groups excluding carboxylic acids is 1. The Labute approximate surface area is 167 Å². The Morgan fingerprint density at radius 1 is 1.32 bits per heavy atom. The zero-order valence-corrected chi connectivity index (χ0v) is 16.6. The van der Waals surface area contributed by atoms with E-state index in [1.165, 1.54) is 0 Å². The van der Waals surface area contributed by atoms with Crippen molar-refractivity contribution < 1.29 is 19.8 Å². The molecule has 0 aliphatic carbocycles. The second-order valence-corrected chi connectivity index (χ2v) is 7.21. The molecule has 5 heteroatoms. The standard InChI is InChI=1S/C23H29NO4/c1-3-4-5-6-17(2)21(25)13-11-20-12-14-22(26)24(20)16-15-18-7-9-19(10-8-18)23(27)28/h7-11,13,17,20-21,25H,3,6,12,14-16H2,1-2H3,(H,27,28)/b13-11+. The predicted molar refractivity (Wildman–Crippen MR) is 109 cm³/mol. The van der Waals surface area contributed by atoms with Gasteiger partial charge in [-0.2, -0.15) is 0 Å². The van der Waals surface area contributed by atoms with E-state index in [4.69, 9.17) is 5.11 Å². The Hall–Kier alpha value is -2.58. The van der Waals surface area contributed by atoms with Crippen LogP contribution in [-0.2, 0) is 11.2 Å². The molecule has 2 rings (SSSR count). The van der Waals surface area contributed by atoms with E-state index in [-0.39, 0.29) is 23.4 Å². The number of likely N-dealkylation sites (tertiary alicyclic amines) is 1. The normalized spacial score (nSPS) is 18.8. The minimum Gasteiger partial charge on any atom is -0.478 e. The molecule has 1 aromatic carbocycles. The average Bonchev–Trinajstić information content (AvgIpc) is 3.04. The van der Waals surface area contributed by atoms with Gasteiger partial charge in [0.15, 0.2) is 0 Å². The quantitative estimate of drug-likeness (QED) is 0.533. The lowest BCUT2D eigenvalue weighted by atomic mass is 10.00. The van der Waals surface area contributed by atoms with E-state index < -0.39 is 12.1 Å². The number of carboxylic acids is 1. The molecular weight excluding hydrogens is 354 g/mol. The number of carbonyl (C=O) groups is 2. The molecule has 2 N–H and O–H groups in total. The highest BCUT2D eigenvalue weighted by atomic mass is 16.4. The number of carboxylic acid groups (broad SMARTS) is 1. The van der Waals surface area contributed by atoms with Crippen LogP contribution in [0.4, 0.5) is 0 Å². The topological polar surface area (TPSA) is 77.8 Å². The minimum absolute atomic E-state index is 0.00521. The third-order valence-corrected chi connectivity index (χ3v) is 5.06. The number of aliphatic hydroxyl groups is 1. The van der Waals surface area contributed by atoms with Crippen molar-refractivity contribution >= 4 is 11.9 Å². The van der Waals surface area contributed by atoms with Gasteiger partial charge in [-0.3, -0.25) is 4.79 Å². The third-order valence-electron chi connectivity index (χ3n) is 5.06. The summed E-state index contributed by atoms with van der Waals surface area (Å²) < 4.78 is 0. The maximum atomic E-state index is 12.2. The number of hydrogen-bond acceptors (Lipinski definition) is 3. The summed E-state index contributed by atoms with van der Waals surface area (Å²) in [4.78, 5) is 25.0. The number of rotatable bonds is 8. The first-order chi connectivity index (χ1) is 13.4. The maximum Gasteiger partial charge on any atom is 0.335 e. The van der Waals surface area contributed by atoms with E-state index in [1.54, 1.807) is 30.3 Å². The molecule has 3 unspecified atom stereocenters. The van der Waals surface area contributed by atoms with Crippen molar-refractivity contribution in [2.24, 2.45) is 5.92 Å². The van der Waals surface area contributed by atoms with E-state index in [1.807, 2.05) is 24.8 Å². The van der Waals surface area contributed by atoms with Crippen LogP contribution in [0.2, 0.25) is 0 Å². The van der Waals surface area contributed by atoms with Gasteiger partial charge in [-0.1, -0.05) is 38.1 Å². The number of benzene rings is 1. The fraction of sp³-hybridized carbons (Fsp3) is 0.478. The van der Waals surface area contributed by atoms with Crippen LogP contribution in [0.15, 0.2) is 36.4 Å². The van der Waals surface area contributed by atoms with Crippen molar-refractivity contribution in [2.45, 2.75) is 58.1 Å². The summed E-state index contributed by atoms with van der Waals surface area (Å²) in [5.74, 6) is 5.30. The SMILES string of the molecule is CCC#CCC(C)C(O)/C=C/C1CCC(=O)N1CCc1ccc(C(=O)O)cc1. The zero-order valence-electron chi connectivity index (χ0n) is 16.6. The van der Waals surface area contributed by atoms with Crippen LogP contribution in [0.5, 0.6) is 0 Å². The average molecular weight is 383 g/mol. The van der Waals surface area contributed by atoms with Crippen LogP contribution in [0, 0.1) is 17.8 Å². The molecule has 0 radical (unpaired) electrons. The molecule has 0 saturated carbocycles. The fourth-order valence-electron chi connectivity index (χ4n) is 3.22. The molecule has 0 aromatic heterocycles. The summed E-state index contributed by atoms with van der Waals surface area (Å²) in [5.41, 5.74) is 1.25. The number of hydrogen-bond donors (Lipinski definition) is 2. The van der Waals surface area contributed by atoms with Crippen LogP contribution in [0.3, 0.4) is 0 Å². The zero-order chi connectivity index (χ0) is 20.5. The summed E-state index contributed by atoms with van der Waals surface area (Å²) in [6.07, 6.45) is 6.55. The Bertz CT molecular complexity index is 757. The summed E-state index contributed by atoms with van der Waals surface area (Å²) >= 11 is 0. The summed E-state index contributed by atoms with van der Waals surface area (Å²) in [6, 6.07) is 6.74. The molecule has 150 valence electrons. The molecule has 1 aromatic rings. The van der Waals surface area contributed by atoms with Crippen molar-refractivity contribution in [3.63, 3.8) is 0 Å². The minimum atomic E-state index is -0.945.